The fourth-order valence-corrected chi connectivity index (χ4v) is 7.27. The maximum absolute atomic E-state index is 2.46. The van der Waals surface area contributed by atoms with Crippen LogP contribution in [0.1, 0.15) is 19.9 Å². The highest BCUT2D eigenvalue weighted by Crippen LogP contribution is 2.38. The van der Waals surface area contributed by atoms with Gasteiger partial charge in [0.05, 0.1) is 22.1 Å². The third-order valence-electron chi connectivity index (χ3n) is 8.96. The Morgan fingerprint density at radius 1 is 0.357 bits per heavy atom. The second-order valence-corrected chi connectivity index (χ2v) is 11.6. The Morgan fingerprint density at radius 3 is 1.19 bits per heavy atom. The Hall–Kier alpha value is -5.28. The van der Waals surface area contributed by atoms with Crippen LogP contribution in [0, 0.1) is 0 Å². The van der Waals surface area contributed by atoms with E-state index < -0.39 is 0 Å². The predicted molar refractivity (Wildman–Crippen MR) is 179 cm³/mol. The lowest BCUT2D eigenvalue weighted by atomic mass is 10.1. The van der Waals surface area contributed by atoms with Gasteiger partial charge in [-0.2, -0.15) is 0 Å². The molecule has 3 heterocycles. The fraction of sp³-hybridized carbons (Fsp3) is 0.0769. The van der Waals surface area contributed by atoms with Crippen LogP contribution in [0.2, 0.25) is 0 Å². The van der Waals surface area contributed by atoms with E-state index in [9.17, 15) is 0 Å². The zero-order chi connectivity index (χ0) is 27.9. The third-order valence-corrected chi connectivity index (χ3v) is 8.96. The molecule has 3 nitrogen and oxygen atoms in total. The SMILES string of the molecule is CC(C)n1c2ccccc2c2cc(-n3c4ccccc4c4cc(-n5c6ccccc6c6ccccc65)ccc43)ccc21. The molecule has 6 aromatic carbocycles. The van der Waals surface area contributed by atoms with Gasteiger partial charge in [-0.1, -0.05) is 72.8 Å². The van der Waals surface area contributed by atoms with Crippen molar-refractivity contribution in [2.75, 3.05) is 0 Å². The monoisotopic (exact) mass is 539 g/mol. The van der Waals surface area contributed by atoms with Crippen LogP contribution in [0.4, 0.5) is 0 Å². The molecule has 3 aromatic heterocycles. The van der Waals surface area contributed by atoms with Gasteiger partial charge in [0.25, 0.3) is 0 Å². The molecule has 0 saturated carbocycles. The van der Waals surface area contributed by atoms with Crippen molar-refractivity contribution in [2.24, 2.45) is 0 Å². The van der Waals surface area contributed by atoms with Gasteiger partial charge in [0, 0.05) is 60.8 Å². The molecule has 0 atom stereocenters. The molecule has 9 aromatic rings. The first kappa shape index (κ1) is 23.4. The summed E-state index contributed by atoms with van der Waals surface area (Å²) in [5.41, 5.74) is 9.83. The summed E-state index contributed by atoms with van der Waals surface area (Å²) in [5, 5.41) is 7.69. The zero-order valence-electron chi connectivity index (χ0n) is 23.6. The normalized spacial score (nSPS) is 12.3. The molecule has 0 N–H and O–H groups in total. The number of hydrogen-bond acceptors (Lipinski definition) is 0. The Morgan fingerprint density at radius 2 is 0.690 bits per heavy atom. The quantitative estimate of drug-likeness (QED) is 0.212. The number of fused-ring (bicyclic) bond motifs is 9. The van der Waals surface area contributed by atoms with Gasteiger partial charge < -0.3 is 13.7 Å². The first-order chi connectivity index (χ1) is 20.7. The molecule has 9 rings (SSSR count). The van der Waals surface area contributed by atoms with E-state index in [2.05, 4.69) is 161 Å². The van der Waals surface area contributed by atoms with Gasteiger partial charge in [-0.3, -0.25) is 0 Å². The van der Waals surface area contributed by atoms with E-state index in [1.807, 2.05) is 0 Å². The average molecular weight is 540 g/mol. The van der Waals surface area contributed by atoms with E-state index in [-0.39, 0.29) is 0 Å². The van der Waals surface area contributed by atoms with Gasteiger partial charge in [-0.05, 0) is 74.5 Å². The van der Waals surface area contributed by atoms with Gasteiger partial charge in [0.1, 0.15) is 0 Å². The molecular weight excluding hydrogens is 510 g/mol. The highest BCUT2D eigenvalue weighted by Gasteiger charge is 2.18. The van der Waals surface area contributed by atoms with E-state index in [0.717, 1.165) is 0 Å². The van der Waals surface area contributed by atoms with Crippen molar-refractivity contribution in [1.29, 1.82) is 0 Å². The lowest BCUT2D eigenvalue weighted by Crippen LogP contribution is -2.00. The summed E-state index contributed by atoms with van der Waals surface area (Å²) in [4.78, 5) is 0. The van der Waals surface area contributed by atoms with E-state index in [1.165, 1.54) is 76.8 Å². The minimum Gasteiger partial charge on any atom is -0.338 e. The summed E-state index contributed by atoms with van der Waals surface area (Å²) >= 11 is 0. The van der Waals surface area contributed by atoms with Crippen molar-refractivity contribution in [3.8, 4) is 11.4 Å². The molecule has 0 aliphatic carbocycles. The van der Waals surface area contributed by atoms with Gasteiger partial charge >= 0.3 is 0 Å². The first-order valence-corrected chi connectivity index (χ1v) is 14.7. The molecule has 0 aliphatic heterocycles. The number of rotatable bonds is 3. The number of hydrogen-bond donors (Lipinski definition) is 0. The van der Waals surface area contributed by atoms with Crippen LogP contribution in [0.5, 0.6) is 0 Å². The molecular formula is C39H29N3. The molecule has 3 heteroatoms. The highest BCUT2D eigenvalue weighted by atomic mass is 15.0. The second kappa shape index (κ2) is 8.61. The lowest BCUT2D eigenvalue weighted by molar-refractivity contribution is 0.642. The summed E-state index contributed by atoms with van der Waals surface area (Å²) in [6.07, 6.45) is 0. The Balaban J connectivity index is 1.33. The molecule has 0 fully saturated rings. The van der Waals surface area contributed by atoms with Crippen LogP contribution in [0.3, 0.4) is 0 Å². The van der Waals surface area contributed by atoms with Crippen molar-refractivity contribution in [2.45, 2.75) is 19.9 Å². The average Bonchev–Trinajstić information content (AvgIpc) is 3.66. The van der Waals surface area contributed by atoms with Gasteiger partial charge in [-0.15, -0.1) is 0 Å². The molecule has 0 spiro atoms. The molecule has 200 valence electrons. The maximum Gasteiger partial charge on any atom is 0.0542 e. The van der Waals surface area contributed by atoms with Crippen LogP contribution >= 0.6 is 0 Å². The number of nitrogens with zero attached hydrogens (tertiary/aromatic N) is 3. The molecule has 0 radical (unpaired) electrons. The minimum atomic E-state index is 0.380. The lowest BCUT2D eigenvalue weighted by Gasteiger charge is -2.13. The summed E-state index contributed by atoms with van der Waals surface area (Å²) in [6, 6.07) is 49.3. The van der Waals surface area contributed by atoms with Crippen LogP contribution in [-0.4, -0.2) is 13.7 Å². The van der Waals surface area contributed by atoms with E-state index in [1.54, 1.807) is 0 Å². The topological polar surface area (TPSA) is 14.8 Å². The molecule has 0 unspecified atom stereocenters. The smallest absolute Gasteiger partial charge is 0.0542 e. The highest BCUT2D eigenvalue weighted by molar-refractivity contribution is 6.13. The summed E-state index contributed by atoms with van der Waals surface area (Å²) in [7, 11) is 0. The van der Waals surface area contributed by atoms with E-state index in [4.69, 9.17) is 0 Å². The molecule has 0 amide bonds. The second-order valence-electron chi connectivity index (χ2n) is 11.6. The summed E-state index contributed by atoms with van der Waals surface area (Å²) < 4.78 is 7.29. The standard InChI is InChI=1S/C39H29N3/c1-25(2)40-34-15-7-5-13-30(34)32-23-27(19-21-38(32)40)42-37-18-10-6-14-31(37)33-24-26(20-22-39(33)42)41-35-16-8-3-11-28(35)29-12-4-9-17-36(29)41/h3-25H,1-2H3. The number of benzene rings is 6. The zero-order valence-corrected chi connectivity index (χ0v) is 23.6. The van der Waals surface area contributed by atoms with Crippen LogP contribution in [0.15, 0.2) is 133 Å². The predicted octanol–water partition coefficient (Wildman–Crippen LogP) is 10.6. The van der Waals surface area contributed by atoms with Crippen molar-refractivity contribution >= 4 is 65.4 Å². The van der Waals surface area contributed by atoms with Crippen molar-refractivity contribution in [3.63, 3.8) is 0 Å². The summed E-state index contributed by atoms with van der Waals surface area (Å²) in [5.74, 6) is 0. The van der Waals surface area contributed by atoms with E-state index >= 15 is 0 Å². The Kier molecular flexibility index (Phi) is 4.80. The Labute approximate surface area is 243 Å². The van der Waals surface area contributed by atoms with E-state index in [0.29, 0.717) is 6.04 Å². The molecule has 42 heavy (non-hydrogen) atoms. The largest absolute Gasteiger partial charge is 0.338 e. The number of aromatic nitrogens is 3. The maximum atomic E-state index is 2.46. The first-order valence-electron chi connectivity index (χ1n) is 14.7. The van der Waals surface area contributed by atoms with Crippen LogP contribution in [-0.2, 0) is 0 Å². The molecule has 0 aliphatic rings. The molecule has 0 saturated heterocycles. The van der Waals surface area contributed by atoms with Crippen LogP contribution in [0.25, 0.3) is 76.8 Å². The van der Waals surface area contributed by atoms with Crippen molar-refractivity contribution in [3.05, 3.63) is 133 Å². The number of para-hydroxylation sites is 4. The summed E-state index contributed by atoms with van der Waals surface area (Å²) in [6.45, 7) is 4.53. The van der Waals surface area contributed by atoms with Crippen molar-refractivity contribution < 1.29 is 0 Å². The fourth-order valence-electron chi connectivity index (χ4n) is 7.27. The minimum absolute atomic E-state index is 0.380. The molecule has 0 bridgehead atoms. The van der Waals surface area contributed by atoms with Gasteiger partial charge in [-0.25, -0.2) is 0 Å². The van der Waals surface area contributed by atoms with Crippen molar-refractivity contribution in [1.82, 2.24) is 13.7 Å². The van der Waals surface area contributed by atoms with Gasteiger partial charge in [0.15, 0.2) is 0 Å². The third kappa shape index (κ3) is 3.11. The van der Waals surface area contributed by atoms with Gasteiger partial charge in [0.2, 0.25) is 0 Å². The van der Waals surface area contributed by atoms with Crippen LogP contribution < -0.4 is 0 Å². The Bertz CT molecular complexity index is 2450.